The lowest BCUT2D eigenvalue weighted by atomic mass is 9.97. The molecule has 0 saturated carbocycles. The van der Waals surface area contributed by atoms with Crippen LogP contribution in [0.3, 0.4) is 0 Å². The Morgan fingerprint density at radius 3 is 2.53 bits per heavy atom. The number of methoxy groups -OCH3 is 2. The van der Waals surface area contributed by atoms with Crippen LogP contribution in [0, 0.1) is 0 Å². The third-order valence-corrected chi connectivity index (χ3v) is 13.7. The summed E-state index contributed by atoms with van der Waals surface area (Å²) in [7, 11) is 7.05. The molecule has 300 valence electrons. The number of rotatable bonds is 16. The second-order valence-corrected chi connectivity index (χ2v) is 17.4. The molecule has 4 aromatic carbocycles. The predicted molar refractivity (Wildman–Crippen MR) is 240 cm³/mol. The first kappa shape index (κ1) is 40.4. The van der Waals surface area contributed by atoms with E-state index in [0.29, 0.717) is 35.9 Å². The lowest BCUT2D eigenvalue weighted by molar-refractivity contribution is 0.0589. The molecule has 0 aliphatic carbocycles. The van der Waals surface area contributed by atoms with E-state index < -0.39 is 0 Å². The second-order valence-electron chi connectivity index (χ2n) is 14.4. The number of fused-ring (bicyclic) bond motifs is 3. The van der Waals surface area contributed by atoms with Gasteiger partial charge in [-0.15, -0.1) is 23.5 Å². The Bertz CT molecular complexity index is 2620. The molecule has 3 aromatic heterocycles. The minimum Gasteiger partial charge on any atom is -0.497 e. The molecule has 0 spiro atoms. The molecule has 0 bridgehead atoms. The highest BCUT2D eigenvalue weighted by molar-refractivity contribution is 9.08. The standard InChI is InChI=1S/C45H45BrClN5O4S2/c1-50-43-36(17-18-37(47)41(43)42-38(49-52-19-7-12-39(42)52)27-57-26-31-22-30(24-46)48-51(31)2)35(44(50)45(53)55-4)11-8-20-56-40-23-33(21-29-9-5-6-10-34(29)40)58-25-28-13-15-32(54-3)16-14-28/h5-6,9-10,13-18,21-23H,7-8,11-12,19-20,24-27H2,1-4H3. The fourth-order valence-electron chi connectivity index (χ4n) is 8.02. The van der Waals surface area contributed by atoms with Gasteiger partial charge in [-0.2, -0.15) is 10.2 Å². The van der Waals surface area contributed by atoms with E-state index in [2.05, 4.69) is 74.2 Å². The first-order valence-corrected chi connectivity index (χ1v) is 23.0. The molecule has 7 aromatic rings. The Balaban J connectivity index is 1.06. The zero-order chi connectivity index (χ0) is 40.3. The number of aryl methyl sites for hydroxylation is 4. The molecule has 1 aliphatic rings. The monoisotopic (exact) mass is 897 g/mol. The number of carbonyl (C=O) groups is 1. The van der Waals surface area contributed by atoms with Gasteiger partial charge in [-0.3, -0.25) is 9.36 Å². The summed E-state index contributed by atoms with van der Waals surface area (Å²) in [6.07, 6.45) is 3.26. The molecule has 13 heteroatoms. The molecule has 9 nitrogen and oxygen atoms in total. The molecule has 0 atom stereocenters. The van der Waals surface area contributed by atoms with Crippen LogP contribution in [0.4, 0.5) is 0 Å². The van der Waals surface area contributed by atoms with Crippen LogP contribution in [0.5, 0.6) is 11.5 Å². The molecule has 58 heavy (non-hydrogen) atoms. The van der Waals surface area contributed by atoms with Crippen molar-refractivity contribution >= 4 is 78.7 Å². The number of thioether (sulfide) groups is 2. The Hall–Kier alpha value is -4.36. The third kappa shape index (κ3) is 8.13. The number of alkyl halides is 1. The van der Waals surface area contributed by atoms with E-state index in [9.17, 15) is 4.79 Å². The maximum Gasteiger partial charge on any atom is 0.354 e. The Labute approximate surface area is 360 Å². The maximum atomic E-state index is 13.6. The molecule has 0 amide bonds. The summed E-state index contributed by atoms with van der Waals surface area (Å²) in [5.41, 5.74) is 9.98. The van der Waals surface area contributed by atoms with Gasteiger partial charge in [-0.05, 0) is 78.6 Å². The molecule has 4 heterocycles. The van der Waals surface area contributed by atoms with Crippen molar-refractivity contribution in [2.24, 2.45) is 14.1 Å². The van der Waals surface area contributed by atoms with Crippen LogP contribution in [0.2, 0.25) is 5.02 Å². The minimum absolute atomic E-state index is 0.376. The first-order valence-electron chi connectivity index (χ1n) is 19.3. The number of benzene rings is 4. The van der Waals surface area contributed by atoms with Gasteiger partial charge in [-0.1, -0.05) is 70.0 Å². The number of halogens is 2. The number of esters is 1. The zero-order valence-corrected chi connectivity index (χ0v) is 37.0. The minimum atomic E-state index is -0.376. The van der Waals surface area contributed by atoms with E-state index in [1.165, 1.54) is 18.4 Å². The molecular weight excluding hydrogens is 854 g/mol. The molecule has 0 saturated heterocycles. The van der Waals surface area contributed by atoms with Gasteiger partial charge >= 0.3 is 5.97 Å². The summed E-state index contributed by atoms with van der Waals surface area (Å²) in [6.45, 7) is 1.35. The highest BCUT2D eigenvalue weighted by Gasteiger charge is 2.30. The van der Waals surface area contributed by atoms with E-state index in [0.717, 1.165) is 108 Å². The van der Waals surface area contributed by atoms with Crippen LogP contribution in [0.25, 0.3) is 32.8 Å². The van der Waals surface area contributed by atoms with E-state index >= 15 is 0 Å². The highest BCUT2D eigenvalue weighted by atomic mass is 79.9. The number of ether oxygens (including phenoxy) is 3. The maximum absolute atomic E-state index is 13.6. The smallest absolute Gasteiger partial charge is 0.354 e. The Morgan fingerprint density at radius 2 is 1.76 bits per heavy atom. The van der Waals surface area contributed by atoms with Crippen molar-refractivity contribution in [2.45, 2.75) is 59.7 Å². The van der Waals surface area contributed by atoms with Crippen LogP contribution in [-0.2, 0) is 60.8 Å². The summed E-state index contributed by atoms with van der Waals surface area (Å²) in [6, 6.07) is 27.0. The second kappa shape index (κ2) is 17.9. The summed E-state index contributed by atoms with van der Waals surface area (Å²) >= 11 is 14.3. The van der Waals surface area contributed by atoms with Crippen LogP contribution in [0.15, 0.2) is 83.8 Å². The van der Waals surface area contributed by atoms with Crippen molar-refractivity contribution in [1.82, 2.24) is 24.1 Å². The van der Waals surface area contributed by atoms with Crippen molar-refractivity contribution in [3.63, 3.8) is 0 Å². The zero-order valence-electron chi connectivity index (χ0n) is 33.0. The van der Waals surface area contributed by atoms with E-state index in [1.54, 1.807) is 18.9 Å². The fourth-order valence-corrected chi connectivity index (χ4v) is 10.4. The van der Waals surface area contributed by atoms with Crippen molar-refractivity contribution in [1.29, 1.82) is 0 Å². The average Bonchev–Trinajstić information content (AvgIpc) is 4.00. The predicted octanol–water partition coefficient (Wildman–Crippen LogP) is 11.0. The quantitative estimate of drug-likeness (QED) is 0.0410. The molecule has 0 N–H and O–H groups in total. The highest BCUT2D eigenvalue weighted by Crippen LogP contribution is 2.44. The number of hydrogen-bond donors (Lipinski definition) is 0. The van der Waals surface area contributed by atoms with Gasteiger partial charge < -0.3 is 18.8 Å². The first-order chi connectivity index (χ1) is 28.3. The fraction of sp³-hybridized carbons (Fsp3) is 0.311. The van der Waals surface area contributed by atoms with Gasteiger partial charge in [0.15, 0.2) is 0 Å². The molecule has 0 fully saturated rings. The third-order valence-electron chi connectivity index (χ3n) is 10.8. The van der Waals surface area contributed by atoms with E-state index in [1.807, 2.05) is 65.4 Å². The van der Waals surface area contributed by atoms with E-state index in [4.69, 9.17) is 30.9 Å². The van der Waals surface area contributed by atoms with Gasteiger partial charge in [0, 0.05) is 81.4 Å². The van der Waals surface area contributed by atoms with Crippen molar-refractivity contribution in [3.8, 4) is 22.6 Å². The summed E-state index contributed by atoms with van der Waals surface area (Å²) in [5, 5.41) is 14.3. The average molecular weight is 899 g/mol. The summed E-state index contributed by atoms with van der Waals surface area (Å²) in [5.74, 6) is 3.68. The van der Waals surface area contributed by atoms with Crippen molar-refractivity contribution in [2.75, 3.05) is 20.8 Å². The SMILES string of the molecule is COC(=O)c1c(CCCOc2cc(SCc3ccc(OC)cc3)cc3ccccc23)c2ccc(Cl)c(-c3c(CSCc4cc(CBr)nn4C)nn4c3CCC4)c2n1C. The topological polar surface area (TPSA) is 85.3 Å². The number of hydrogen-bond acceptors (Lipinski definition) is 8. The van der Waals surface area contributed by atoms with Crippen molar-refractivity contribution in [3.05, 3.63) is 123 Å². The molecule has 8 rings (SSSR count). The van der Waals surface area contributed by atoms with Crippen LogP contribution in [-0.4, -0.2) is 50.9 Å². The number of aromatic nitrogens is 5. The lowest BCUT2D eigenvalue weighted by Gasteiger charge is -2.13. The van der Waals surface area contributed by atoms with Crippen LogP contribution in [0.1, 0.15) is 57.2 Å². The summed E-state index contributed by atoms with van der Waals surface area (Å²) in [4.78, 5) is 14.7. The largest absolute Gasteiger partial charge is 0.497 e. The van der Waals surface area contributed by atoms with Crippen LogP contribution >= 0.6 is 51.1 Å². The van der Waals surface area contributed by atoms with Crippen molar-refractivity contribution < 1.29 is 19.0 Å². The van der Waals surface area contributed by atoms with Gasteiger partial charge in [0.2, 0.25) is 0 Å². The summed E-state index contributed by atoms with van der Waals surface area (Å²) < 4.78 is 23.4. The number of carbonyl (C=O) groups excluding carboxylic acids is 1. The molecule has 0 radical (unpaired) electrons. The van der Waals surface area contributed by atoms with Crippen LogP contribution < -0.4 is 9.47 Å². The van der Waals surface area contributed by atoms with Gasteiger partial charge in [-0.25, -0.2) is 4.79 Å². The van der Waals surface area contributed by atoms with Gasteiger partial charge in [0.1, 0.15) is 17.2 Å². The van der Waals surface area contributed by atoms with Gasteiger partial charge in [0.05, 0.1) is 42.8 Å². The Morgan fingerprint density at radius 1 is 0.931 bits per heavy atom. The number of nitrogens with zero attached hydrogens (tertiary/aromatic N) is 5. The Kier molecular flexibility index (Phi) is 12.5. The molecular formula is C45H45BrClN5O4S2. The van der Waals surface area contributed by atoms with Gasteiger partial charge in [0.25, 0.3) is 0 Å². The van der Waals surface area contributed by atoms with E-state index in [-0.39, 0.29) is 5.97 Å². The molecule has 1 aliphatic heterocycles. The molecule has 0 unspecified atom stereocenters. The normalized spacial score (nSPS) is 12.4. The lowest BCUT2D eigenvalue weighted by Crippen LogP contribution is -2.11.